The maximum Gasteiger partial charge on any atom is 0.433 e. The number of carbonyl (C=O) groups is 1. The Morgan fingerprint density at radius 1 is 0.875 bits per heavy atom. The molecule has 164 valence electrons. The van der Waals surface area contributed by atoms with Crippen LogP contribution in [0.3, 0.4) is 0 Å². The van der Waals surface area contributed by atoms with Gasteiger partial charge in [-0.3, -0.25) is 4.79 Å². The lowest BCUT2D eigenvalue weighted by Crippen LogP contribution is -2.15. The molecular weight excluding hydrogens is 511 g/mol. The molecule has 0 fully saturated rings. The van der Waals surface area contributed by atoms with Crippen molar-refractivity contribution in [3.8, 4) is 11.3 Å². The Morgan fingerprint density at radius 3 is 2.16 bits per heavy atom. The Labute approximate surface area is 198 Å². The molecule has 0 saturated carbocycles. The maximum atomic E-state index is 13.7. The molecule has 4 rings (SSSR count). The van der Waals surface area contributed by atoms with Crippen molar-refractivity contribution in [3.05, 3.63) is 80.0 Å². The largest absolute Gasteiger partial charge is 0.433 e. The number of benzene rings is 2. The third-order valence-corrected chi connectivity index (χ3v) is 5.82. The molecule has 0 radical (unpaired) electrons. The van der Waals surface area contributed by atoms with E-state index in [-0.39, 0.29) is 37.1 Å². The molecule has 0 aliphatic carbocycles. The molecule has 1 N–H and O–H groups in total. The van der Waals surface area contributed by atoms with Crippen molar-refractivity contribution in [2.45, 2.75) is 6.18 Å². The SMILES string of the molecule is O=C(Nc1ccc(Cl)c(Cl)c1)c1cc2nc(-c3ccc(Cl)c(Cl)c3)cc(C(F)(F)F)n2n1. The summed E-state index contributed by atoms with van der Waals surface area (Å²) in [5.41, 5.74) is -0.977. The highest BCUT2D eigenvalue weighted by atomic mass is 35.5. The van der Waals surface area contributed by atoms with Crippen molar-refractivity contribution in [1.82, 2.24) is 14.6 Å². The van der Waals surface area contributed by atoms with Crippen molar-refractivity contribution < 1.29 is 18.0 Å². The highest BCUT2D eigenvalue weighted by Crippen LogP contribution is 2.34. The molecule has 12 heteroatoms. The zero-order valence-corrected chi connectivity index (χ0v) is 18.5. The normalized spacial score (nSPS) is 11.7. The van der Waals surface area contributed by atoms with Gasteiger partial charge < -0.3 is 5.32 Å². The van der Waals surface area contributed by atoms with E-state index in [1.54, 1.807) is 0 Å². The summed E-state index contributed by atoms with van der Waals surface area (Å²) in [5.74, 6) is -0.752. The predicted octanol–water partition coefficient (Wildman–Crippen LogP) is 7.28. The molecule has 2 aromatic carbocycles. The quantitative estimate of drug-likeness (QED) is 0.309. The third kappa shape index (κ3) is 4.49. The van der Waals surface area contributed by atoms with E-state index in [1.165, 1.54) is 36.4 Å². The van der Waals surface area contributed by atoms with Crippen molar-refractivity contribution in [3.63, 3.8) is 0 Å². The van der Waals surface area contributed by atoms with Crippen molar-refractivity contribution >= 4 is 63.6 Å². The summed E-state index contributed by atoms with van der Waals surface area (Å²) in [6, 6.07) is 10.7. The maximum absolute atomic E-state index is 13.7. The zero-order chi connectivity index (χ0) is 23.2. The lowest BCUT2D eigenvalue weighted by Gasteiger charge is -2.11. The van der Waals surface area contributed by atoms with Crippen LogP contribution < -0.4 is 5.32 Å². The van der Waals surface area contributed by atoms with E-state index < -0.39 is 17.8 Å². The summed E-state index contributed by atoms with van der Waals surface area (Å²) in [6.07, 6.45) is -4.77. The number of amides is 1. The number of aromatic nitrogens is 3. The van der Waals surface area contributed by atoms with Crippen LogP contribution in [0.5, 0.6) is 0 Å². The average Bonchev–Trinajstić information content (AvgIpc) is 3.15. The second-order valence-corrected chi connectivity index (χ2v) is 8.16. The topological polar surface area (TPSA) is 59.3 Å². The van der Waals surface area contributed by atoms with Crippen LogP contribution in [0.25, 0.3) is 16.9 Å². The summed E-state index contributed by atoms with van der Waals surface area (Å²) < 4.78 is 41.8. The van der Waals surface area contributed by atoms with Gasteiger partial charge in [0, 0.05) is 17.3 Å². The van der Waals surface area contributed by atoms with Crippen LogP contribution in [-0.4, -0.2) is 20.5 Å². The first-order valence-corrected chi connectivity index (χ1v) is 10.2. The number of anilines is 1. The van der Waals surface area contributed by atoms with E-state index in [0.717, 1.165) is 12.1 Å². The Bertz CT molecular complexity index is 1370. The molecule has 0 aliphatic rings. The molecule has 0 aliphatic heterocycles. The second-order valence-electron chi connectivity index (χ2n) is 6.54. The highest BCUT2D eigenvalue weighted by molar-refractivity contribution is 6.42. The Balaban J connectivity index is 1.78. The Hall–Kier alpha value is -2.52. The number of rotatable bonds is 3. The van der Waals surface area contributed by atoms with Gasteiger partial charge in [0.05, 0.1) is 25.8 Å². The number of fused-ring (bicyclic) bond motifs is 1. The highest BCUT2D eigenvalue weighted by Gasteiger charge is 2.35. The van der Waals surface area contributed by atoms with Crippen molar-refractivity contribution in [2.75, 3.05) is 5.32 Å². The van der Waals surface area contributed by atoms with Gasteiger partial charge in [0.2, 0.25) is 0 Å². The average molecular weight is 520 g/mol. The third-order valence-electron chi connectivity index (χ3n) is 4.34. The van der Waals surface area contributed by atoms with E-state index in [1.807, 2.05) is 0 Å². The Morgan fingerprint density at radius 2 is 1.53 bits per heavy atom. The van der Waals surface area contributed by atoms with Crippen LogP contribution in [0, 0.1) is 0 Å². The van der Waals surface area contributed by atoms with Gasteiger partial charge >= 0.3 is 6.18 Å². The van der Waals surface area contributed by atoms with Crippen LogP contribution >= 0.6 is 46.4 Å². The number of alkyl halides is 3. The van der Waals surface area contributed by atoms with Crippen molar-refractivity contribution in [1.29, 1.82) is 0 Å². The van der Waals surface area contributed by atoms with E-state index in [0.29, 0.717) is 15.8 Å². The molecule has 32 heavy (non-hydrogen) atoms. The lowest BCUT2D eigenvalue weighted by atomic mass is 10.1. The van der Waals surface area contributed by atoms with Gasteiger partial charge in [0.1, 0.15) is 0 Å². The van der Waals surface area contributed by atoms with E-state index in [9.17, 15) is 18.0 Å². The monoisotopic (exact) mass is 518 g/mol. The van der Waals surface area contributed by atoms with Gasteiger partial charge in [-0.05, 0) is 36.4 Å². The van der Waals surface area contributed by atoms with E-state index >= 15 is 0 Å². The number of halogens is 7. The molecule has 4 aromatic rings. The van der Waals surface area contributed by atoms with Crippen LogP contribution in [0.15, 0.2) is 48.5 Å². The minimum absolute atomic E-state index is 0.0141. The van der Waals surface area contributed by atoms with Crippen LogP contribution in [0.4, 0.5) is 18.9 Å². The molecule has 1 amide bonds. The lowest BCUT2D eigenvalue weighted by molar-refractivity contribution is -0.142. The molecule has 0 atom stereocenters. The number of carbonyl (C=O) groups excluding carboxylic acids is 1. The fraction of sp³-hybridized carbons (Fsp3) is 0.0500. The minimum Gasteiger partial charge on any atom is -0.321 e. The minimum atomic E-state index is -4.77. The van der Waals surface area contributed by atoms with E-state index in [4.69, 9.17) is 46.4 Å². The zero-order valence-electron chi connectivity index (χ0n) is 15.5. The smallest absolute Gasteiger partial charge is 0.321 e. The second kappa shape index (κ2) is 8.44. The summed E-state index contributed by atoms with van der Waals surface area (Å²) in [6.45, 7) is 0. The van der Waals surface area contributed by atoms with Gasteiger partial charge in [-0.15, -0.1) is 0 Å². The van der Waals surface area contributed by atoms with Gasteiger partial charge in [-0.1, -0.05) is 52.5 Å². The van der Waals surface area contributed by atoms with Crippen LogP contribution in [0.2, 0.25) is 20.1 Å². The molecule has 0 saturated heterocycles. The fourth-order valence-electron chi connectivity index (χ4n) is 2.86. The summed E-state index contributed by atoms with van der Waals surface area (Å²) >= 11 is 23.6. The number of hydrogen-bond donors (Lipinski definition) is 1. The molecule has 5 nitrogen and oxygen atoms in total. The first kappa shape index (κ1) is 22.7. The molecule has 2 heterocycles. The standard InChI is InChI=1S/C20H9Cl4F3N4O/c21-11-3-1-9(5-13(11)23)15-7-17(20(25,26)27)31-18(29-15)8-16(30-31)19(32)28-10-2-4-12(22)14(24)6-10/h1-8H,(H,28,32). The number of nitrogens with zero attached hydrogens (tertiary/aromatic N) is 3. The van der Waals surface area contributed by atoms with Crippen molar-refractivity contribution in [2.24, 2.45) is 0 Å². The molecular formula is C20H9Cl4F3N4O. The summed E-state index contributed by atoms with van der Waals surface area (Å²) in [7, 11) is 0. The van der Waals surface area contributed by atoms with Crippen LogP contribution in [0.1, 0.15) is 16.2 Å². The van der Waals surface area contributed by atoms with Crippen LogP contribution in [-0.2, 0) is 6.18 Å². The fourth-order valence-corrected chi connectivity index (χ4v) is 3.46. The predicted molar refractivity (Wildman–Crippen MR) is 118 cm³/mol. The van der Waals surface area contributed by atoms with Gasteiger partial charge in [0.25, 0.3) is 5.91 Å². The summed E-state index contributed by atoms with van der Waals surface area (Å²) in [5, 5.41) is 7.20. The first-order valence-electron chi connectivity index (χ1n) is 8.73. The van der Waals surface area contributed by atoms with E-state index in [2.05, 4.69) is 15.4 Å². The Kier molecular flexibility index (Phi) is 5.98. The molecule has 2 aromatic heterocycles. The molecule has 0 spiro atoms. The summed E-state index contributed by atoms with van der Waals surface area (Å²) in [4.78, 5) is 16.8. The molecule has 0 unspecified atom stereocenters. The number of hydrogen-bond acceptors (Lipinski definition) is 3. The van der Waals surface area contributed by atoms with Gasteiger partial charge in [0.15, 0.2) is 17.0 Å². The van der Waals surface area contributed by atoms with Gasteiger partial charge in [-0.25, -0.2) is 9.50 Å². The molecule has 0 bridgehead atoms. The van der Waals surface area contributed by atoms with Gasteiger partial charge in [-0.2, -0.15) is 18.3 Å². The first-order chi connectivity index (χ1) is 15.0. The number of nitrogens with one attached hydrogen (secondary N) is 1.